The lowest BCUT2D eigenvalue weighted by molar-refractivity contribution is -0.143. The Bertz CT molecular complexity index is 1480. The molecule has 0 saturated carbocycles. The highest BCUT2D eigenvalue weighted by Crippen LogP contribution is 2.37. The van der Waals surface area contributed by atoms with Gasteiger partial charge >= 0.3 is 12.4 Å². The predicted octanol–water partition coefficient (Wildman–Crippen LogP) is 5.90. The highest BCUT2D eigenvalue weighted by Gasteiger charge is 2.39. The summed E-state index contributed by atoms with van der Waals surface area (Å²) in [4.78, 5) is 19.5. The molecule has 0 spiro atoms. The fourth-order valence-electron chi connectivity index (χ4n) is 4.88. The number of benzene rings is 2. The average Bonchev–Trinajstić information content (AvgIpc) is 3.22. The number of para-hydroxylation sites is 1. The number of aromatic nitrogens is 1. The van der Waals surface area contributed by atoms with E-state index < -0.39 is 41.0 Å². The molecular formula is C27H24F6N6O. The van der Waals surface area contributed by atoms with Crippen molar-refractivity contribution in [1.82, 2.24) is 14.4 Å². The Kier molecular flexibility index (Phi) is 8.32. The maximum atomic E-state index is 13.6. The lowest BCUT2D eigenvalue weighted by Gasteiger charge is -2.41. The molecule has 4 rings (SSSR count). The van der Waals surface area contributed by atoms with E-state index in [0.29, 0.717) is 25.1 Å². The van der Waals surface area contributed by atoms with Crippen LogP contribution in [0.15, 0.2) is 53.8 Å². The first-order valence-corrected chi connectivity index (χ1v) is 12.2. The number of nitrogens with zero attached hydrogens (tertiary/aromatic N) is 6. The second-order valence-corrected chi connectivity index (χ2v) is 9.41. The van der Waals surface area contributed by atoms with E-state index in [1.165, 1.54) is 4.90 Å². The Balaban J connectivity index is 1.69. The van der Waals surface area contributed by atoms with Crippen molar-refractivity contribution in [3.63, 3.8) is 0 Å². The summed E-state index contributed by atoms with van der Waals surface area (Å²) in [7, 11) is 1.86. The molecule has 1 atom stereocenters. The van der Waals surface area contributed by atoms with Crippen molar-refractivity contribution in [3.8, 4) is 11.8 Å². The van der Waals surface area contributed by atoms with Crippen LogP contribution in [0.25, 0.3) is 21.3 Å². The van der Waals surface area contributed by atoms with Crippen LogP contribution in [0.2, 0.25) is 0 Å². The van der Waals surface area contributed by atoms with Crippen molar-refractivity contribution in [1.29, 1.82) is 0 Å². The molecule has 2 heterocycles. The van der Waals surface area contributed by atoms with Gasteiger partial charge in [-0.2, -0.15) is 26.3 Å². The van der Waals surface area contributed by atoms with Crippen molar-refractivity contribution in [2.45, 2.75) is 24.8 Å². The molecule has 3 aromatic rings. The van der Waals surface area contributed by atoms with Gasteiger partial charge < -0.3 is 9.47 Å². The molecule has 0 N–H and O–H groups in total. The second-order valence-electron chi connectivity index (χ2n) is 9.41. The lowest BCUT2D eigenvalue weighted by atomic mass is 9.98. The monoisotopic (exact) mass is 562 g/mol. The van der Waals surface area contributed by atoms with Gasteiger partial charge in [0.2, 0.25) is 0 Å². The maximum absolute atomic E-state index is 13.6. The van der Waals surface area contributed by atoms with Gasteiger partial charge in [0.1, 0.15) is 0 Å². The molecule has 1 aromatic heterocycles. The van der Waals surface area contributed by atoms with E-state index in [1.807, 2.05) is 47.0 Å². The first-order valence-electron chi connectivity index (χ1n) is 12.2. The number of hydrogen-bond acceptors (Lipinski definition) is 3. The number of azide groups is 1. The molecular weight excluding hydrogens is 538 g/mol. The third kappa shape index (κ3) is 6.52. The number of piperazine rings is 1. The number of amides is 1. The average molecular weight is 563 g/mol. The van der Waals surface area contributed by atoms with Crippen LogP contribution in [0, 0.1) is 11.8 Å². The number of aryl methyl sites for hydroxylation is 1. The zero-order chi connectivity index (χ0) is 29.1. The molecule has 210 valence electrons. The third-order valence-electron chi connectivity index (χ3n) is 6.74. The van der Waals surface area contributed by atoms with E-state index in [1.54, 1.807) is 0 Å². The van der Waals surface area contributed by atoms with Crippen LogP contribution in [0.4, 0.5) is 26.3 Å². The van der Waals surface area contributed by atoms with Crippen LogP contribution in [0.5, 0.6) is 0 Å². The van der Waals surface area contributed by atoms with Gasteiger partial charge in [0, 0.05) is 60.3 Å². The van der Waals surface area contributed by atoms with Gasteiger partial charge in [0.25, 0.3) is 5.91 Å². The van der Waals surface area contributed by atoms with Crippen LogP contribution in [0.1, 0.15) is 27.0 Å². The Labute approximate surface area is 225 Å². The van der Waals surface area contributed by atoms with Gasteiger partial charge in [-0.15, -0.1) is 0 Å². The lowest BCUT2D eigenvalue weighted by Crippen LogP contribution is -2.56. The normalized spacial score (nSPS) is 16.4. The molecule has 1 saturated heterocycles. The molecule has 1 aliphatic heterocycles. The van der Waals surface area contributed by atoms with Gasteiger partial charge in [-0.3, -0.25) is 9.69 Å². The second kappa shape index (κ2) is 11.5. The van der Waals surface area contributed by atoms with E-state index in [9.17, 15) is 31.1 Å². The molecule has 13 heteroatoms. The molecule has 0 unspecified atom stereocenters. The molecule has 1 fully saturated rings. The van der Waals surface area contributed by atoms with Crippen molar-refractivity contribution in [2.75, 3.05) is 32.7 Å². The zero-order valence-electron chi connectivity index (χ0n) is 21.3. The molecule has 40 heavy (non-hydrogen) atoms. The first kappa shape index (κ1) is 28.9. The fourth-order valence-corrected chi connectivity index (χ4v) is 4.88. The number of hydrogen-bond donors (Lipinski definition) is 0. The molecule has 7 nitrogen and oxygen atoms in total. The third-order valence-corrected chi connectivity index (χ3v) is 6.74. The standard InChI is InChI=1S/C27H24F6N6O/c1-37-16-19(23-6-2-3-7-24(23)37)14-22-17-38(9-5-4-8-35-36-34)10-11-39(22)25(40)18-12-20(26(28,29)30)15-21(13-18)27(31,32)33/h2-3,6-7,12-13,15-16,22H,8-11,14,17H2,1H3/t22-/m1/s1. The summed E-state index contributed by atoms with van der Waals surface area (Å²) < 4.78 is 82.7. The van der Waals surface area contributed by atoms with E-state index >= 15 is 0 Å². The summed E-state index contributed by atoms with van der Waals surface area (Å²) in [5, 5.41) is 4.28. The molecule has 0 bridgehead atoms. The highest BCUT2D eigenvalue weighted by atomic mass is 19.4. The van der Waals surface area contributed by atoms with Crippen molar-refractivity contribution in [3.05, 3.63) is 81.4 Å². The number of rotatable bonds is 5. The number of carbonyl (C=O) groups is 1. The number of alkyl halides is 6. The van der Waals surface area contributed by atoms with Gasteiger partial charge in [-0.1, -0.05) is 35.2 Å². The molecule has 0 aliphatic carbocycles. The summed E-state index contributed by atoms with van der Waals surface area (Å²) in [5.74, 6) is 4.70. The van der Waals surface area contributed by atoms with E-state index in [4.69, 9.17) is 5.53 Å². The SMILES string of the molecule is Cn1cc(C[C@@H]2CN(CC#CCN=[N+]=[N-])CCN2C(=O)c2cc(C(F)(F)F)cc(C(F)(F)F)c2)c2ccccc21. The minimum absolute atomic E-state index is 0.00846. The number of carbonyl (C=O) groups excluding carboxylic acids is 1. The number of halogens is 6. The van der Waals surface area contributed by atoms with Crippen molar-refractivity contribution in [2.24, 2.45) is 12.2 Å². The Morgan fingerprint density at radius 2 is 1.73 bits per heavy atom. The zero-order valence-corrected chi connectivity index (χ0v) is 21.3. The van der Waals surface area contributed by atoms with Crippen molar-refractivity contribution >= 4 is 16.8 Å². The van der Waals surface area contributed by atoms with Crippen LogP contribution >= 0.6 is 0 Å². The van der Waals surface area contributed by atoms with Crippen LogP contribution in [0.3, 0.4) is 0 Å². The smallest absolute Gasteiger partial charge is 0.350 e. The maximum Gasteiger partial charge on any atom is 0.416 e. The molecule has 0 radical (unpaired) electrons. The predicted molar refractivity (Wildman–Crippen MR) is 136 cm³/mol. The Morgan fingerprint density at radius 1 is 1.05 bits per heavy atom. The van der Waals surface area contributed by atoms with Crippen LogP contribution in [-0.4, -0.2) is 59.0 Å². The minimum atomic E-state index is -5.06. The van der Waals surface area contributed by atoms with Gasteiger partial charge in [0.05, 0.1) is 24.2 Å². The Hall–Kier alpha value is -4.14. The summed E-state index contributed by atoms with van der Waals surface area (Å²) in [6.07, 6.45) is -7.91. The van der Waals surface area contributed by atoms with E-state index in [2.05, 4.69) is 21.9 Å². The summed E-state index contributed by atoms with van der Waals surface area (Å²) in [5.41, 5.74) is 6.46. The quantitative estimate of drug-likeness (QED) is 0.128. The summed E-state index contributed by atoms with van der Waals surface area (Å²) >= 11 is 0. The van der Waals surface area contributed by atoms with Crippen LogP contribution < -0.4 is 0 Å². The van der Waals surface area contributed by atoms with E-state index in [-0.39, 0.29) is 32.2 Å². The summed E-state index contributed by atoms with van der Waals surface area (Å²) in [6, 6.07) is 7.98. The van der Waals surface area contributed by atoms with Gasteiger partial charge in [-0.05, 0) is 41.8 Å². The van der Waals surface area contributed by atoms with E-state index in [0.717, 1.165) is 16.5 Å². The molecule has 2 aromatic carbocycles. The van der Waals surface area contributed by atoms with Crippen LogP contribution in [-0.2, 0) is 25.8 Å². The van der Waals surface area contributed by atoms with Crippen molar-refractivity contribution < 1.29 is 31.1 Å². The fraction of sp³-hybridized carbons (Fsp3) is 0.370. The highest BCUT2D eigenvalue weighted by molar-refractivity contribution is 5.95. The summed E-state index contributed by atoms with van der Waals surface area (Å²) in [6.45, 7) is 0.946. The van der Waals surface area contributed by atoms with Gasteiger partial charge in [0.15, 0.2) is 0 Å². The largest absolute Gasteiger partial charge is 0.416 e. The Morgan fingerprint density at radius 3 is 2.38 bits per heavy atom. The first-order chi connectivity index (χ1) is 18.9. The minimum Gasteiger partial charge on any atom is -0.350 e. The molecule has 1 aliphatic rings. The molecule has 1 amide bonds. The topological polar surface area (TPSA) is 77.2 Å². The number of fused-ring (bicyclic) bond motifs is 1. The van der Waals surface area contributed by atoms with Gasteiger partial charge in [-0.25, -0.2) is 0 Å².